The highest BCUT2D eigenvalue weighted by atomic mass is 19.4. The third kappa shape index (κ3) is 5.11. The second kappa shape index (κ2) is 7.51. The Morgan fingerprint density at radius 1 is 1.04 bits per heavy atom. The van der Waals surface area contributed by atoms with Crippen molar-refractivity contribution in [3.8, 4) is 0 Å². The summed E-state index contributed by atoms with van der Waals surface area (Å²) < 4.78 is 38.0. The Kier molecular flexibility index (Phi) is 5.65. The van der Waals surface area contributed by atoms with Crippen molar-refractivity contribution in [2.24, 2.45) is 0 Å². The fourth-order valence-corrected chi connectivity index (χ4v) is 2.33. The van der Waals surface area contributed by atoms with Gasteiger partial charge in [0, 0.05) is 6.54 Å². The molecule has 0 aromatic heterocycles. The average molecular weight is 335 g/mol. The van der Waals surface area contributed by atoms with Crippen LogP contribution >= 0.6 is 0 Å². The number of rotatable bonds is 5. The van der Waals surface area contributed by atoms with E-state index >= 15 is 0 Å². The summed E-state index contributed by atoms with van der Waals surface area (Å²) in [5.41, 5.74) is 1.78. The van der Waals surface area contributed by atoms with Crippen molar-refractivity contribution in [2.45, 2.75) is 38.9 Å². The third-order valence-electron chi connectivity index (χ3n) is 3.76. The molecule has 24 heavy (non-hydrogen) atoms. The van der Waals surface area contributed by atoms with Crippen molar-refractivity contribution in [3.63, 3.8) is 0 Å². The Balaban J connectivity index is 1.92. The maximum absolute atomic E-state index is 12.7. The van der Waals surface area contributed by atoms with Gasteiger partial charge in [-0.25, -0.2) is 0 Å². The maximum atomic E-state index is 12.7. The molecule has 5 heteroatoms. The second-order valence-corrected chi connectivity index (χ2v) is 6.05. The Bertz CT molecular complexity index is 691. The molecule has 2 nitrogen and oxygen atoms in total. The van der Waals surface area contributed by atoms with Crippen LogP contribution in [0.5, 0.6) is 0 Å². The van der Waals surface area contributed by atoms with Crippen LogP contribution in [-0.4, -0.2) is 5.91 Å². The molecule has 1 amide bonds. The summed E-state index contributed by atoms with van der Waals surface area (Å²) in [6.45, 7) is 4.56. The molecule has 2 rings (SSSR count). The number of amides is 1. The van der Waals surface area contributed by atoms with Crippen LogP contribution < -0.4 is 5.32 Å². The van der Waals surface area contributed by atoms with Crippen LogP contribution in [0.1, 0.15) is 42.0 Å². The van der Waals surface area contributed by atoms with E-state index in [0.29, 0.717) is 18.0 Å². The summed E-state index contributed by atoms with van der Waals surface area (Å²) in [6, 6.07) is 12.8. The molecule has 0 spiro atoms. The second-order valence-electron chi connectivity index (χ2n) is 6.05. The Morgan fingerprint density at radius 3 is 2.29 bits per heavy atom. The van der Waals surface area contributed by atoms with Gasteiger partial charge in [0.1, 0.15) is 0 Å². The van der Waals surface area contributed by atoms with Gasteiger partial charge in [-0.3, -0.25) is 4.79 Å². The van der Waals surface area contributed by atoms with Gasteiger partial charge in [0.2, 0.25) is 5.91 Å². The Labute approximate surface area is 139 Å². The van der Waals surface area contributed by atoms with Crippen molar-refractivity contribution in [1.29, 1.82) is 0 Å². The first kappa shape index (κ1) is 18.0. The topological polar surface area (TPSA) is 29.1 Å². The van der Waals surface area contributed by atoms with Crippen LogP contribution in [0.3, 0.4) is 0 Å². The predicted octanol–water partition coefficient (Wildman–Crippen LogP) is 4.69. The number of alkyl halides is 3. The smallest absolute Gasteiger partial charge is 0.352 e. The first-order valence-corrected chi connectivity index (χ1v) is 7.77. The van der Waals surface area contributed by atoms with Gasteiger partial charge >= 0.3 is 6.18 Å². The van der Waals surface area contributed by atoms with Gasteiger partial charge < -0.3 is 5.32 Å². The van der Waals surface area contributed by atoms with E-state index in [1.165, 1.54) is 17.7 Å². The number of benzene rings is 2. The van der Waals surface area contributed by atoms with Crippen molar-refractivity contribution in [1.82, 2.24) is 5.32 Å². The molecule has 0 aliphatic carbocycles. The zero-order valence-electron chi connectivity index (χ0n) is 13.7. The number of carbonyl (C=O) groups is 1. The van der Waals surface area contributed by atoms with Crippen LogP contribution in [0.25, 0.3) is 0 Å². The molecule has 0 saturated heterocycles. The monoisotopic (exact) mass is 335 g/mol. The zero-order valence-corrected chi connectivity index (χ0v) is 13.7. The van der Waals surface area contributed by atoms with Gasteiger partial charge in [-0.05, 0) is 28.7 Å². The zero-order chi connectivity index (χ0) is 17.7. The Hall–Kier alpha value is -2.30. The summed E-state index contributed by atoms with van der Waals surface area (Å²) in [6.07, 6.45) is -4.47. The fourth-order valence-electron chi connectivity index (χ4n) is 2.33. The average Bonchev–Trinajstić information content (AvgIpc) is 2.53. The van der Waals surface area contributed by atoms with E-state index in [9.17, 15) is 18.0 Å². The molecular formula is C19H20F3NO. The number of carbonyl (C=O) groups excluding carboxylic acids is 1. The molecule has 0 fully saturated rings. The first-order valence-electron chi connectivity index (χ1n) is 7.77. The lowest BCUT2D eigenvalue weighted by atomic mass is 10.0. The lowest BCUT2D eigenvalue weighted by molar-refractivity contribution is -0.137. The van der Waals surface area contributed by atoms with Gasteiger partial charge in [0.25, 0.3) is 0 Å². The molecule has 0 saturated carbocycles. The SMILES string of the molecule is CC(C)c1ccc(CNC(=O)Cc2cccc(C(F)(F)F)c2)cc1. The summed E-state index contributed by atoms with van der Waals surface area (Å²) >= 11 is 0. The van der Waals surface area contributed by atoms with Crippen LogP contribution in [0, 0.1) is 0 Å². The fraction of sp³-hybridized carbons (Fsp3) is 0.316. The number of hydrogen-bond donors (Lipinski definition) is 1. The summed E-state index contributed by atoms with van der Waals surface area (Å²) in [5.74, 6) is 0.136. The van der Waals surface area contributed by atoms with E-state index in [1.54, 1.807) is 0 Å². The van der Waals surface area contributed by atoms with E-state index in [4.69, 9.17) is 0 Å². The summed E-state index contributed by atoms with van der Waals surface area (Å²) in [4.78, 5) is 11.9. The number of halogens is 3. The molecule has 2 aromatic rings. The van der Waals surface area contributed by atoms with E-state index < -0.39 is 11.7 Å². The van der Waals surface area contributed by atoms with Crippen LogP contribution in [-0.2, 0) is 23.9 Å². The quantitative estimate of drug-likeness (QED) is 0.844. The standard InChI is InChI=1S/C19H20F3NO/c1-13(2)16-8-6-14(7-9-16)12-23-18(24)11-15-4-3-5-17(10-15)19(20,21)22/h3-10,13H,11-12H2,1-2H3,(H,23,24). The summed E-state index contributed by atoms with van der Waals surface area (Å²) in [5, 5.41) is 2.73. The number of hydrogen-bond acceptors (Lipinski definition) is 1. The molecule has 2 aromatic carbocycles. The highest BCUT2D eigenvalue weighted by Gasteiger charge is 2.30. The van der Waals surface area contributed by atoms with Crippen molar-refractivity contribution in [3.05, 3.63) is 70.8 Å². The molecule has 0 aliphatic rings. The molecule has 1 N–H and O–H groups in total. The first-order chi connectivity index (χ1) is 11.3. The van der Waals surface area contributed by atoms with Gasteiger partial charge in [-0.15, -0.1) is 0 Å². The lowest BCUT2D eigenvalue weighted by Gasteiger charge is -2.10. The van der Waals surface area contributed by atoms with Crippen molar-refractivity contribution < 1.29 is 18.0 Å². The highest BCUT2D eigenvalue weighted by molar-refractivity contribution is 5.78. The third-order valence-corrected chi connectivity index (χ3v) is 3.76. The van der Waals surface area contributed by atoms with Gasteiger partial charge in [0.05, 0.1) is 12.0 Å². The summed E-state index contributed by atoms with van der Waals surface area (Å²) in [7, 11) is 0. The van der Waals surface area contributed by atoms with Crippen LogP contribution in [0.2, 0.25) is 0 Å². The molecule has 0 atom stereocenters. The van der Waals surface area contributed by atoms with Gasteiger partial charge in [0.15, 0.2) is 0 Å². The van der Waals surface area contributed by atoms with E-state index in [0.717, 1.165) is 17.7 Å². The molecule has 0 aliphatic heterocycles. The molecule has 128 valence electrons. The normalized spacial score (nSPS) is 11.6. The largest absolute Gasteiger partial charge is 0.416 e. The molecule has 0 radical (unpaired) electrons. The minimum atomic E-state index is -4.40. The van der Waals surface area contributed by atoms with E-state index in [-0.39, 0.29) is 12.3 Å². The Morgan fingerprint density at radius 2 is 1.71 bits per heavy atom. The molecule has 0 bridgehead atoms. The predicted molar refractivity (Wildman–Crippen MR) is 87.5 cm³/mol. The molecular weight excluding hydrogens is 315 g/mol. The lowest BCUT2D eigenvalue weighted by Crippen LogP contribution is -2.24. The minimum absolute atomic E-state index is 0.0754. The minimum Gasteiger partial charge on any atom is -0.352 e. The van der Waals surface area contributed by atoms with Crippen LogP contribution in [0.15, 0.2) is 48.5 Å². The van der Waals surface area contributed by atoms with Crippen LogP contribution in [0.4, 0.5) is 13.2 Å². The molecule has 0 heterocycles. The van der Waals surface area contributed by atoms with E-state index in [1.807, 2.05) is 24.3 Å². The highest BCUT2D eigenvalue weighted by Crippen LogP contribution is 2.29. The van der Waals surface area contributed by atoms with E-state index in [2.05, 4.69) is 19.2 Å². The van der Waals surface area contributed by atoms with Crippen molar-refractivity contribution in [2.75, 3.05) is 0 Å². The van der Waals surface area contributed by atoms with Crippen molar-refractivity contribution >= 4 is 5.91 Å². The maximum Gasteiger partial charge on any atom is 0.416 e. The van der Waals surface area contributed by atoms with Gasteiger partial charge in [-0.2, -0.15) is 13.2 Å². The van der Waals surface area contributed by atoms with Gasteiger partial charge in [-0.1, -0.05) is 56.3 Å². The number of nitrogens with one attached hydrogen (secondary N) is 1. The molecule has 0 unspecified atom stereocenters.